The molecule has 0 saturated carbocycles. The Kier molecular flexibility index (Phi) is 5.76. The highest BCUT2D eigenvalue weighted by atomic mass is 32.2. The molecule has 0 spiro atoms. The van der Waals surface area contributed by atoms with Gasteiger partial charge in [-0.05, 0) is 42.7 Å². The summed E-state index contributed by atoms with van der Waals surface area (Å²) >= 11 is 1.73. The van der Waals surface area contributed by atoms with Crippen molar-refractivity contribution in [3.63, 3.8) is 0 Å². The second kappa shape index (κ2) is 8.21. The van der Waals surface area contributed by atoms with Gasteiger partial charge in [-0.2, -0.15) is 0 Å². The first-order valence-corrected chi connectivity index (χ1v) is 9.41. The minimum atomic E-state index is -0.815. The summed E-state index contributed by atoms with van der Waals surface area (Å²) in [5.74, 6) is -0.449. The molecule has 0 radical (unpaired) electrons. The summed E-state index contributed by atoms with van der Waals surface area (Å²) in [4.78, 5) is 26.5. The van der Waals surface area contributed by atoms with Gasteiger partial charge in [-0.3, -0.25) is 9.59 Å². The van der Waals surface area contributed by atoms with Crippen molar-refractivity contribution in [3.05, 3.63) is 65.7 Å². The number of rotatable bonds is 5. The molecule has 2 aromatic rings. The number of hydrogen-bond acceptors (Lipinski definition) is 3. The van der Waals surface area contributed by atoms with E-state index < -0.39 is 11.9 Å². The van der Waals surface area contributed by atoms with E-state index in [1.807, 2.05) is 42.5 Å². The number of carbonyl (C=O) groups is 2. The largest absolute Gasteiger partial charge is 0.481 e. The smallest absolute Gasteiger partial charge is 0.308 e. The van der Waals surface area contributed by atoms with E-state index in [0.29, 0.717) is 25.1 Å². The van der Waals surface area contributed by atoms with Crippen LogP contribution in [0.2, 0.25) is 0 Å². The molecule has 0 aromatic heterocycles. The summed E-state index contributed by atoms with van der Waals surface area (Å²) in [6, 6.07) is 17.8. The van der Waals surface area contributed by atoms with Gasteiger partial charge in [0.2, 0.25) is 0 Å². The normalized spacial score (nSPS) is 17.3. The highest BCUT2D eigenvalue weighted by molar-refractivity contribution is 7.98. The van der Waals surface area contributed by atoms with E-state index in [0.717, 1.165) is 17.1 Å². The van der Waals surface area contributed by atoms with Crippen molar-refractivity contribution >= 4 is 23.6 Å². The molecule has 3 rings (SSSR count). The minimum absolute atomic E-state index is 0.0782. The van der Waals surface area contributed by atoms with Crippen LogP contribution in [0, 0.1) is 5.92 Å². The first kappa shape index (κ1) is 17.5. The summed E-state index contributed by atoms with van der Waals surface area (Å²) in [7, 11) is 0. The second-order valence-electron chi connectivity index (χ2n) is 6.23. The van der Waals surface area contributed by atoms with Crippen molar-refractivity contribution in [3.8, 4) is 0 Å². The Bertz CT molecular complexity index is 730. The molecule has 0 bridgehead atoms. The number of carboxylic acid groups (broad SMARTS) is 1. The molecule has 1 aliphatic rings. The molecule has 1 N–H and O–H groups in total. The highest BCUT2D eigenvalue weighted by Gasteiger charge is 2.28. The Balaban J connectivity index is 1.59. The Morgan fingerprint density at radius 1 is 1.08 bits per heavy atom. The summed E-state index contributed by atoms with van der Waals surface area (Å²) in [5.41, 5.74) is 1.88. The molecule has 1 amide bonds. The van der Waals surface area contributed by atoms with Crippen LogP contribution in [0.4, 0.5) is 0 Å². The van der Waals surface area contributed by atoms with Gasteiger partial charge in [0, 0.05) is 29.3 Å². The summed E-state index contributed by atoms with van der Waals surface area (Å²) < 4.78 is 0. The molecule has 1 atom stereocenters. The van der Waals surface area contributed by atoms with Crippen LogP contribution in [-0.4, -0.2) is 35.0 Å². The van der Waals surface area contributed by atoms with Gasteiger partial charge in [-0.25, -0.2) is 0 Å². The minimum Gasteiger partial charge on any atom is -0.481 e. The fraction of sp³-hybridized carbons (Fsp3) is 0.300. The third-order valence-electron chi connectivity index (χ3n) is 4.41. The molecule has 1 heterocycles. The topological polar surface area (TPSA) is 57.6 Å². The maximum absolute atomic E-state index is 12.6. The molecule has 4 nitrogen and oxygen atoms in total. The zero-order valence-electron chi connectivity index (χ0n) is 13.9. The number of benzene rings is 2. The third kappa shape index (κ3) is 4.63. The average Bonchev–Trinajstić information content (AvgIpc) is 2.67. The molecule has 130 valence electrons. The van der Waals surface area contributed by atoms with E-state index in [4.69, 9.17) is 5.11 Å². The van der Waals surface area contributed by atoms with Crippen molar-refractivity contribution in [2.75, 3.05) is 13.1 Å². The van der Waals surface area contributed by atoms with E-state index in [9.17, 15) is 9.59 Å². The molecule has 25 heavy (non-hydrogen) atoms. The summed E-state index contributed by atoms with van der Waals surface area (Å²) in [6.45, 7) is 0.936. The fourth-order valence-corrected chi connectivity index (χ4v) is 3.83. The molecule has 5 heteroatoms. The van der Waals surface area contributed by atoms with Gasteiger partial charge in [0.1, 0.15) is 0 Å². The lowest BCUT2D eigenvalue weighted by atomic mass is 9.97. The van der Waals surface area contributed by atoms with Gasteiger partial charge >= 0.3 is 5.97 Å². The van der Waals surface area contributed by atoms with Crippen LogP contribution in [-0.2, 0) is 10.5 Å². The highest BCUT2D eigenvalue weighted by Crippen LogP contribution is 2.24. The number of piperidine rings is 1. The quantitative estimate of drug-likeness (QED) is 0.826. The Labute approximate surface area is 151 Å². The Morgan fingerprint density at radius 2 is 1.80 bits per heavy atom. The Morgan fingerprint density at radius 3 is 2.48 bits per heavy atom. The van der Waals surface area contributed by atoms with Gasteiger partial charge in [-0.15, -0.1) is 11.8 Å². The molecule has 0 unspecified atom stereocenters. The molecule has 2 aromatic carbocycles. The van der Waals surface area contributed by atoms with E-state index in [-0.39, 0.29) is 5.91 Å². The van der Waals surface area contributed by atoms with Gasteiger partial charge in [0.05, 0.1) is 5.92 Å². The van der Waals surface area contributed by atoms with Crippen LogP contribution in [0.3, 0.4) is 0 Å². The first-order chi connectivity index (χ1) is 12.1. The van der Waals surface area contributed by atoms with Crippen molar-refractivity contribution in [2.45, 2.75) is 23.5 Å². The predicted octanol–water partition coefficient (Wildman–Crippen LogP) is 3.92. The number of hydrogen-bond donors (Lipinski definition) is 1. The molecule has 0 aliphatic carbocycles. The van der Waals surface area contributed by atoms with E-state index in [1.54, 1.807) is 16.7 Å². The number of carboxylic acids is 1. The lowest BCUT2D eigenvalue weighted by molar-refractivity contribution is -0.143. The molecule has 1 aliphatic heterocycles. The molecular weight excluding hydrogens is 334 g/mol. The zero-order chi connectivity index (χ0) is 17.6. The second-order valence-corrected chi connectivity index (χ2v) is 7.28. The van der Waals surface area contributed by atoms with Crippen LogP contribution < -0.4 is 0 Å². The van der Waals surface area contributed by atoms with Crippen LogP contribution in [0.1, 0.15) is 28.8 Å². The number of likely N-dealkylation sites (tertiary alicyclic amines) is 1. The standard InChI is InChI=1S/C20H21NO3S/c22-19(21-12-4-7-17(13-21)20(23)24)16-8-10-18(11-9-16)25-14-15-5-2-1-3-6-15/h1-3,5-6,8-11,17H,4,7,12-14H2,(H,23,24)/t17-/m0/s1. The molecule has 1 fully saturated rings. The SMILES string of the molecule is O=C(O)[C@H]1CCCN(C(=O)c2ccc(SCc3ccccc3)cc2)C1. The zero-order valence-corrected chi connectivity index (χ0v) is 14.7. The van der Waals surface area contributed by atoms with Crippen LogP contribution in [0.5, 0.6) is 0 Å². The van der Waals surface area contributed by atoms with Gasteiger partial charge in [0.25, 0.3) is 5.91 Å². The predicted molar refractivity (Wildman–Crippen MR) is 98.7 cm³/mol. The van der Waals surface area contributed by atoms with E-state index in [1.165, 1.54) is 5.56 Å². The van der Waals surface area contributed by atoms with E-state index >= 15 is 0 Å². The average molecular weight is 355 g/mol. The Hall–Kier alpha value is -2.27. The number of thioether (sulfide) groups is 1. The van der Waals surface area contributed by atoms with Crippen molar-refractivity contribution < 1.29 is 14.7 Å². The maximum atomic E-state index is 12.6. The number of amides is 1. The number of aliphatic carboxylic acids is 1. The lowest BCUT2D eigenvalue weighted by Gasteiger charge is -2.30. The van der Waals surface area contributed by atoms with Crippen molar-refractivity contribution in [1.82, 2.24) is 4.90 Å². The van der Waals surface area contributed by atoms with Crippen LogP contribution in [0.15, 0.2) is 59.5 Å². The third-order valence-corrected chi connectivity index (χ3v) is 5.49. The van der Waals surface area contributed by atoms with E-state index in [2.05, 4.69) is 12.1 Å². The monoisotopic (exact) mass is 355 g/mol. The van der Waals surface area contributed by atoms with Gasteiger partial charge in [0.15, 0.2) is 0 Å². The van der Waals surface area contributed by atoms with Crippen LogP contribution >= 0.6 is 11.8 Å². The molecule has 1 saturated heterocycles. The van der Waals surface area contributed by atoms with Crippen molar-refractivity contribution in [2.24, 2.45) is 5.92 Å². The summed E-state index contributed by atoms with van der Waals surface area (Å²) in [5, 5.41) is 9.16. The maximum Gasteiger partial charge on any atom is 0.308 e. The van der Waals surface area contributed by atoms with Gasteiger partial charge in [-0.1, -0.05) is 30.3 Å². The van der Waals surface area contributed by atoms with Gasteiger partial charge < -0.3 is 10.0 Å². The number of nitrogens with zero attached hydrogens (tertiary/aromatic N) is 1. The molecular formula is C20H21NO3S. The van der Waals surface area contributed by atoms with Crippen LogP contribution in [0.25, 0.3) is 0 Å². The van der Waals surface area contributed by atoms with Crippen molar-refractivity contribution in [1.29, 1.82) is 0 Å². The number of carbonyl (C=O) groups excluding carboxylic acids is 1. The lowest BCUT2D eigenvalue weighted by Crippen LogP contribution is -2.42. The fourth-order valence-electron chi connectivity index (χ4n) is 2.98. The first-order valence-electron chi connectivity index (χ1n) is 8.42. The summed E-state index contributed by atoms with van der Waals surface area (Å²) in [6.07, 6.45) is 1.39.